The van der Waals surface area contributed by atoms with Gasteiger partial charge in [0, 0.05) is 19.3 Å². The average Bonchev–Trinajstić information content (AvgIpc) is 3.34. The SMILES string of the molecule is CCC(C)CCCCCCCCCCCCCCCCCCCCC(=O)OC[C@@H](COC(=O)CCCCCCCCC(C)CC)OC(=O)CCCCCCCCCCCCCCCCCCC(C)C. The van der Waals surface area contributed by atoms with Crippen LogP contribution in [0, 0.1) is 17.8 Å². The fourth-order valence-corrected chi connectivity index (χ4v) is 9.64. The third-order valence-electron chi connectivity index (χ3n) is 15.1. The predicted octanol–water partition coefficient (Wildman–Crippen LogP) is 20.7. The van der Waals surface area contributed by atoms with Gasteiger partial charge in [-0.15, -0.1) is 0 Å². The number of esters is 3. The van der Waals surface area contributed by atoms with Gasteiger partial charge in [0.1, 0.15) is 13.2 Å². The molecule has 2 unspecified atom stereocenters. The van der Waals surface area contributed by atoms with Crippen LogP contribution in [0.25, 0.3) is 0 Å². The van der Waals surface area contributed by atoms with Gasteiger partial charge in [-0.2, -0.15) is 0 Å². The second-order valence-electron chi connectivity index (χ2n) is 22.7. The lowest BCUT2D eigenvalue weighted by Crippen LogP contribution is -2.30. The fraction of sp³-hybridized carbons (Fsp3) is 0.952. The molecule has 6 nitrogen and oxygen atoms in total. The molecule has 0 aliphatic carbocycles. The van der Waals surface area contributed by atoms with Crippen molar-refractivity contribution in [2.75, 3.05) is 13.2 Å². The first-order chi connectivity index (χ1) is 33.7. The minimum atomic E-state index is -0.764. The van der Waals surface area contributed by atoms with Gasteiger partial charge in [0.15, 0.2) is 6.10 Å². The van der Waals surface area contributed by atoms with E-state index >= 15 is 0 Å². The van der Waals surface area contributed by atoms with Gasteiger partial charge in [-0.05, 0) is 37.0 Å². The summed E-state index contributed by atoms with van der Waals surface area (Å²) in [5, 5.41) is 0. The Balaban J connectivity index is 4.20. The van der Waals surface area contributed by atoms with Crippen LogP contribution in [0.15, 0.2) is 0 Å². The highest BCUT2D eigenvalue weighted by molar-refractivity contribution is 5.71. The van der Waals surface area contributed by atoms with Crippen LogP contribution in [-0.4, -0.2) is 37.2 Å². The molecule has 0 saturated heterocycles. The molecule has 0 aromatic heterocycles. The van der Waals surface area contributed by atoms with Crippen LogP contribution >= 0.6 is 0 Å². The van der Waals surface area contributed by atoms with Crippen LogP contribution in [0.1, 0.15) is 350 Å². The summed E-state index contributed by atoms with van der Waals surface area (Å²) in [6.45, 7) is 13.8. The number of ether oxygens (including phenoxy) is 3. The molecule has 0 aromatic carbocycles. The highest BCUT2D eigenvalue weighted by Gasteiger charge is 2.19. The van der Waals surface area contributed by atoms with E-state index < -0.39 is 6.10 Å². The molecular weight excluding hydrogens is 853 g/mol. The van der Waals surface area contributed by atoms with Crippen molar-refractivity contribution < 1.29 is 28.6 Å². The van der Waals surface area contributed by atoms with Gasteiger partial charge in [0.05, 0.1) is 0 Å². The summed E-state index contributed by atoms with van der Waals surface area (Å²) >= 11 is 0. The van der Waals surface area contributed by atoms with Crippen molar-refractivity contribution in [3.8, 4) is 0 Å². The standard InChI is InChI=1S/C63H122O6/c1-7-58(5)50-44-38-32-28-24-20-16-11-9-10-12-17-21-25-29-33-40-46-52-61(64)67-55-60(56-68-62(65)53-47-41-36-35-39-45-51-59(6)8-2)69-63(66)54-48-42-34-30-26-22-18-14-13-15-19-23-27-31-37-43-49-57(3)4/h57-60H,7-56H2,1-6H3/t58?,59?,60-/m0/s1. The first kappa shape index (κ1) is 67.4. The van der Waals surface area contributed by atoms with Crippen molar-refractivity contribution in [3.63, 3.8) is 0 Å². The Bertz CT molecular complexity index is 1070. The van der Waals surface area contributed by atoms with E-state index in [1.165, 1.54) is 231 Å². The van der Waals surface area contributed by atoms with E-state index in [1.54, 1.807) is 0 Å². The Morgan fingerprint density at radius 2 is 0.507 bits per heavy atom. The second kappa shape index (κ2) is 54.2. The fourth-order valence-electron chi connectivity index (χ4n) is 9.64. The molecule has 410 valence electrons. The van der Waals surface area contributed by atoms with E-state index in [2.05, 4.69) is 41.5 Å². The van der Waals surface area contributed by atoms with Crippen molar-refractivity contribution in [1.29, 1.82) is 0 Å². The van der Waals surface area contributed by atoms with Crippen LogP contribution in [0.5, 0.6) is 0 Å². The predicted molar refractivity (Wildman–Crippen MR) is 298 cm³/mol. The Hall–Kier alpha value is -1.59. The minimum absolute atomic E-state index is 0.0637. The van der Waals surface area contributed by atoms with Crippen molar-refractivity contribution in [1.82, 2.24) is 0 Å². The molecule has 69 heavy (non-hydrogen) atoms. The van der Waals surface area contributed by atoms with Gasteiger partial charge in [-0.1, -0.05) is 311 Å². The third kappa shape index (κ3) is 54.0. The lowest BCUT2D eigenvalue weighted by molar-refractivity contribution is -0.167. The third-order valence-corrected chi connectivity index (χ3v) is 15.1. The Morgan fingerprint density at radius 3 is 0.754 bits per heavy atom. The van der Waals surface area contributed by atoms with Crippen LogP contribution in [0.2, 0.25) is 0 Å². The first-order valence-electron chi connectivity index (χ1n) is 31.2. The summed E-state index contributed by atoms with van der Waals surface area (Å²) in [4.78, 5) is 38.2. The van der Waals surface area contributed by atoms with Gasteiger partial charge in [0.2, 0.25) is 0 Å². The highest BCUT2D eigenvalue weighted by atomic mass is 16.6. The summed E-state index contributed by atoms with van der Waals surface area (Å²) in [5.74, 6) is 1.73. The van der Waals surface area contributed by atoms with Crippen molar-refractivity contribution in [2.45, 2.75) is 356 Å². The van der Waals surface area contributed by atoms with E-state index in [4.69, 9.17) is 14.2 Å². The number of hydrogen-bond donors (Lipinski definition) is 0. The zero-order valence-electron chi connectivity index (χ0n) is 47.6. The molecule has 0 fully saturated rings. The Labute approximate surface area is 431 Å². The summed E-state index contributed by atoms with van der Waals surface area (Å²) < 4.78 is 16.9. The monoisotopic (exact) mass is 975 g/mol. The Kier molecular flexibility index (Phi) is 52.9. The number of unbranched alkanes of at least 4 members (excludes halogenated alkanes) is 37. The van der Waals surface area contributed by atoms with E-state index in [0.717, 1.165) is 75.5 Å². The van der Waals surface area contributed by atoms with Crippen molar-refractivity contribution in [2.24, 2.45) is 17.8 Å². The molecule has 0 radical (unpaired) electrons. The number of hydrogen-bond acceptors (Lipinski definition) is 6. The summed E-state index contributed by atoms with van der Waals surface area (Å²) in [5.41, 5.74) is 0. The molecule has 0 aromatic rings. The number of carbonyl (C=O) groups is 3. The maximum Gasteiger partial charge on any atom is 0.306 e. The lowest BCUT2D eigenvalue weighted by atomic mass is 9.99. The van der Waals surface area contributed by atoms with Crippen LogP contribution in [0.4, 0.5) is 0 Å². The quantitative estimate of drug-likeness (QED) is 0.0343. The van der Waals surface area contributed by atoms with Crippen molar-refractivity contribution in [3.05, 3.63) is 0 Å². The number of rotatable bonds is 56. The van der Waals surface area contributed by atoms with Crippen LogP contribution in [-0.2, 0) is 28.6 Å². The zero-order valence-corrected chi connectivity index (χ0v) is 47.6. The van der Waals surface area contributed by atoms with E-state index in [9.17, 15) is 14.4 Å². The normalized spacial score (nSPS) is 12.9. The average molecular weight is 976 g/mol. The second-order valence-corrected chi connectivity index (χ2v) is 22.7. The highest BCUT2D eigenvalue weighted by Crippen LogP contribution is 2.20. The zero-order chi connectivity index (χ0) is 50.5. The van der Waals surface area contributed by atoms with Gasteiger partial charge in [-0.3, -0.25) is 14.4 Å². The van der Waals surface area contributed by atoms with Gasteiger partial charge >= 0.3 is 17.9 Å². The molecule has 0 aliphatic heterocycles. The molecule has 0 aliphatic rings. The molecule has 0 heterocycles. The maximum atomic E-state index is 12.9. The minimum Gasteiger partial charge on any atom is -0.462 e. The number of carbonyl (C=O) groups excluding carboxylic acids is 3. The van der Waals surface area contributed by atoms with E-state index in [-0.39, 0.29) is 31.1 Å². The molecule has 6 heteroatoms. The Morgan fingerprint density at radius 1 is 0.290 bits per heavy atom. The summed E-state index contributed by atoms with van der Waals surface area (Å²) in [7, 11) is 0. The summed E-state index contributed by atoms with van der Waals surface area (Å²) in [6, 6.07) is 0. The largest absolute Gasteiger partial charge is 0.462 e. The smallest absolute Gasteiger partial charge is 0.306 e. The molecule has 0 saturated carbocycles. The first-order valence-corrected chi connectivity index (χ1v) is 31.2. The van der Waals surface area contributed by atoms with Crippen LogP contribution in [0.3, 0.4) is 0 Å². The van der Waals surface area contributed by atoms with Crippen LogP contribution < -0.4 is 0 Å². The molecular formula is C63H122O6. The molecule has 0 rings (SSSR count). The topological polar surface area (TPSA) is 78.9 Å². The van der Waals surface area contributed by atoms with Gasteiger partial charge in [-0.25, -0.2) is 0 Å². The lowest BCUT2D eigenvalue weighted by Gasteiger charge is -2.18. The van der Waals surface area contributed by atoms with Gasteiger partial charge < -0.3 is 14.2 Å². The molecule has 0 spiro atoms. The maximum absolute atomic E-state index is 12.9. The molecule has 0 amide bonds. The van der Waals surface area contributed by atoms with E-state index in [0.29, 0.717) is 19.3 Å². The summed E-state index contributed by atoms with van der Waals surface area (Å²) in [6.07, 6.45) is 58.2. The van der Waals surface area contributed by atoms with Gasteiger partial charge in [0.25, 0.3) is 0 Å². The molecule has 0 N–H and O–H groups in total. The van der Waals surface area contributed by atoms with E-state index in [1.807, 2.05) is 0 Å². The molecule has 0 bridgehead atoms. The molecule has 3 atom stereocenters. The van der Waals surface area contributed by atoms with Crippen molar-refractivity contribution >= 4 is 17.9 Å².